The Morgan fingerprint density at radius 1 is 1.28 bits per heavy atom. The fourth-order valence-corrected chi connectivity index (χ4v) is 1.39. The summed E-state index contributed by atoms with van der Waals surface area (Å²) in [6, 6.07) is 4.28. The highest BCUT2D eigenvalue weighted by Gasteiger charge is 2.00. The number of hydrogen-bond acceptors (Lipinski definition) is 5. The lowest BCUT2D eigenvalue weighted by Crippen LogP contribution is -2.22. The first kappa shape index (κ1) is 14.9. The Morgan fingerprint density at radius 2 is 2.06 bits per heavy atom. The fraction of sp³-hybridized carbons (Fsp3) is 0.692. The van der Waals surface area contributed by atoms with E-state index in [1.165, 1.54) is 0 Å². The first-order chi connectivity index (χ1) is 8.58. The zero-order chi connectivity index (χ0) is 13.4. The van der Waals surface area contributed by atoms with Gasteiger partial charge in [0.2, 0.25) is 5.88 Å². The smallest absolute Gasteiger partial charge is 0.233 e. The normalized spacial score (nSPS) is 11.2. The second-order valence-electron chi connectivity index (χ2n) is 4.90. The van der Waals surface area contributed by atoms with Crippen molar-refractivity contribution >= 4 is 0 Å². The molecule has 5 nitrogen and oxygen atoms in total. The van der Waals surface area contributed by atoms with Gasteiger partial charge >= 0.3 is 0 Å². The molecule has 0 saturated heterocycles. The molecule has 0 aliphatic carbocycles. The van der Waals surface area contributed by atoms with Crippen molar-refractivity contribution in [2.45, 2.75) is 32.9 Å². The van der Waals surface area contributed by atoms with Crippen LogP contribution in [0.15, 0.2) is 12.1 Å². The van der Waals surface area contributed by atoms with E-state index in [0.29, 0.717) is 18.5 Å². The third kappa shape index (κ3) is 6.51. The molecule has 0 spiro atoms. The van der Waals surface area contributed by atoms with Gasteiger partial charge in [0.05, 0.1) is 12.3 Å². The molecule has 0 aliphatic rings. The molecule has 102 valence electrons. The SMILES string of the molecule is CC(C)NCc1ccc(OCCCN(C)C)nn1. The third-order valence-electron chi connectivity index (χ3n) is 2.39. The van der Waals surface area contributed by atoms with Gasteiger partial charge in [-0.3, -0.25) is 0 Å². The summed E-state index contributed by atoms with van der Waals surface area (Å²) in [6.45, 7) is 6.65. The number of ether oxygens (including phenoxy) is 1. The molecule has 0 fully saturated rings. The fourth-order valence-electron chi connectivity index (χ4n) is 1.39. The van der Waals surface area contributed by atoms with E-state index in [1.807, 2.05) is 12.1 Å². The van der Waals surface area contributed by atoms with Crippen LogP contribution in [0.25, 0.3) is 0 Å². The lowest BCUT2D eigenvalue weighted by Gasteiger charge is -2.10. The van der Waals surface area contributed by atoms with Crippen molar-refractivity contribution in [1.82, 2.24) is 20.4 Å². The van der Waals surface area contributed by atoms with Crippen LogP contribution in [0, 0.1) is 0 Å². The van der Waals surface area contributed by atoms with Gasteiger partial charge in [0.1, 0.15) is 0 Å². The lowest BCUT2D eigenvalue weighted by molar-refractivity contribution is 0.270. The number of nitrogens with zero attached hydrogens (tertiary/aromatic N) is 3. The van der Waals surface area contributed by atoms with E-state index in [-0.39, 0.29) is 0 Å². The second-order valence-corrected chi connectivity index (χ2v) is 4.90. The van der Waals surface area contributed by atoms with Gasteiger partial charge in [-0.15, -0.1) is 5.10 Å². The summed E-state index contributed by atoms with van der Waals surface area (Å²) < 4.78 is 5.52. The first-order valence-electron chi connectivity index (χ1n) is 6.41. The van der Waals surface area contributed by atoms with Crippen LogP contribution in [0.2, 0.25) is 0 Å². The molecule has 1 N–H and O–H groups in total. The van der Waals surface area contributed by atoms with Crippen LogP contribution < -0.4 is 10.1 Å². The molecule has 1 aromatic rings. The second kappa shape index (κ2) is 8.00. The molecule has 18 heavy (non-hydrogen) atoms. The van der Waals surface area contributed by atoms with Gasteiger partial charge in [0, 0.05) is 25.2 Å². The third-order valence-corrected chi connectivity index (χ3v) is 2.39. The number of rotatable bonds is 8. The molecule has 0 bridgehead atoms. The Kier molecular flexibility index (Phi) is 6.60. The van der Waals surface area contributed by atoms with Crippen LogP contribution in [0.3, 0.4) is 0 Å². The lowest BCUT2D eigenvalue weighted by atomic mass is 10.3. The molecule has 0 aliphatic heterocycles. The van der Waals surface area contributed by atoms with Crippen LogP contribution in [0.4, 0.5) is 0 Å². The summed E-state index contributed by atoms with van der Waals surface area (Å²) in [5.41, 5.74) is 0.935. The summed E-state index contributed by atoms with van der Waals surface area (Å²) >= 11 is 0. The van der Waals surface area contributed by atoms with Crippen LogP contribution in [0.5, 0.6) is 5.88 Å². The molecule has 1 rings (SSSR count). The number of aromatic nitrogens is 2. The Labute approximate surface area is 110 Å². The molecule has 1 heterocycles. The van der Waals surface area contributed by atoms with Gasteiger partial charge in [-0.05, 0) is 26.6 Å². The van der Waals surface area contributed by atoms with Crippen LogP contribution >= 0.6 is 0 Å². The van der Waals surface area contributed by atoms with E-state index in [4.69, 9.17) is 4.74 Å². The van der Waals surface area contributed by atoms with Crippen LogP contribution in [0.1, 0.15) is 26.0 Å². The van der Waals surface area contributed by atoms with Crippen LogP contribution in [-0.4, -0.2) is 48.4 Å². The average Bonchev–Trinajstić information content (AvgIpc) is 2.33. The van der Waals surface area contributed by atoms with Crippen LogP contribution in [-0.2, 0) is 6.54 Å². The summed E-state index contributed by atoms with van der Waals surface area (Å²) in [5.74, 6) is 0.599. The molecule has 0 radical (unpaired) electrons. The van der Waals surface area contributed by atoms with Gasteiger partial charge in [-0.1, -0.05) is 13.8 Å². The minimum Gasteiger partial charge on any atom is -0.477 e. The predicted molar refractivity (Wildman–Crippen MR) is 72.7 cm³/mol. The van der Waals surface area contributed by atoms with E-state index < -0.39 is 0 Å². The molecule has 1 aromatic heterocycles. The standard InChI is InChI=1S/C13H24N4O/c1-11(2)14-10-12-6-7-13(16-15-12)18-9-5-8-17(3)4/h6-7,11,14H,5,8-10H2,1-4H3. The Hall–Kier alpha value is -1.20. The first-order valence-corrected chi connectivity index (χ1v) is 6.41. The van der Waals surface area contributed by atoms with Crippen molar-refractivity contribution in [2.75, 3.05) is 27.2 Å². The quantitative estimate of drug-likeness (QED) is 0.707. The van der Waals surface area contributed by atoms with Gasteiger partial charge in [0.15, 0.2) is 0 Å². The van der Waals surface area contributed by atoms with E-state index in [9.17, 15) is 0 Å². The van der Waals surface area contributed by atoms with Crippen molar-refractivity contribution in [3.8, 4) is 5.88 Å². The van der Waals surface area contributed by atoms with Gasteiger partial charge in [0.25, 0.3) is 0 Å². The number of hydrogen-bond donors (Lipinski definition) is 1. The highest BCUT2D eigenvalue weighted by molar-refractivity contribution is 5.11. The highest BCUT2D eigenvalue weighted by atomic mass is 16.5. The highest BCUT2D eigenvalue weighted by Crippen LogP contribution is 2.05. The maximum Gasteiger partial charge on any atom is 0.233 e. The Morgan fingerprint density at radius 3 is 2.61 bits per heavy atom. The molecule has 5 heteroatoms. The maximum absolute atomic E-state index is 5.52. The minimum absolute atomic E-state index is 0.453. The number of nitrogens with one attached hydrogen (secondary N) is 1. The van der Waals surface area contributed by atoms with E-state index in [0.717, 1.165) is 25.2 Å². The summed E-state index contributed by atoms with van der Waals surface area (Å²) in [5, 5.41) is 11.5. The van der Waals surface area contributed by atoms with Gasteiger partial charge in [-0.25, -0.2) is 0 Å². The van der Waals surface area contributed by atoms with Crippen molar-refractivity contribution in [3.05, 3.63) is 17.8 Å². The van der Waals surface area contributed by atoms with Crippen molar-refractivity contribution < 1.29 is 4.74 Å². The van der Waals surface area contributed by atoms with E-state index in [2.05, 4.69) is 48.4 Å². The van der Waals surface area contributed by atoms with Gasteiger partial charge < -0.3 is 15.0 Å². The average molecular weight is 252 g/mol. The molecule has 0 atom stereocenters. The van der Waals surface area contributed by atoms with Gasteiger partial charge in [-0.2, -0.15) is 5.10 Å². The molecular formula is C13H24N4O. The zero-order valence-electron chi connectivity index (χ0n) is 11.8. The molecule has 0 amide bonds. The summed E-state index contributed by atoms with van der Waals surface area (Å²) in [6.07, 6.45) is 0.991. The monoisotopic (exact) mass is 252 g/mol. The van der Waals surface area contributed by atoms with Crippen molar-refractivity contribution in [1.29, 1.82) is 0 Å². The predicted octanol–water partition coefficient (Wildman–Crippen LogP) is 1.31. The maximum atomic E-state index is 5.52. The molecular weight excluding hydrogens is 228 g/mol. The Bertz CT molecular complexity index is 324. The van der Waals surface area contributed by atoms with Crippen molar-refractivity contribution in [3.63, 3.8) is 0 Å². The van der Waals surface area contributed by atoms with Crippen molar-refractivity contribution in [2.24, 2.45) is 0 Å². The molecule has 0 saturated carbocycles. The van der Waals surface area contributed by atoms with E-state index >= 15 is 0 Å². The summed E-state index contributed by atoms with van der Waals surface area (Å²) in [7, 11) is 4.10. The Balaban J connectivity index is 2.27. The largest absolute Gasteiger partial charge is 0.477 e. The zero-order valence-corrected chi connectivity index (χ0v) is 11.8. The topological polar surface area (TPSA) is 50.3 Å². The summed E-state index contributed by atoms with van der Waals surface area (Å²) in [4.78, 5) is 2.13. The molecule has 0 aromatic carbocycles. The molecule has 0 unspecified atom stereocenters. The minimum atomic E-state index is 0.453. The van der Waals surface area contributed by atoms with E-state index in [1.54, 1.807) is 0 Å².